The molecule has 0 fully saturated rings. The van der Waals surface area contributed by atoms with Crippen molar-refractivity contribution in [3.63, 3.8) is 0 Å². The molecule has 0 radical (unpaired) electrons. The zero-order valence-corrected chi connectivity index (χ0v) is 10.4. The van der Waals surface area contributed by atoms with Crippen molar-refractivity contribution < 1.29 is 14.1 Å². The van der Waals surface area contributed by atoms with E-state index in [1.54, 1.807) is 19.2 Å². The normalized spacial score (nSPS) is 12.9. The van der Waals surface area contributed by atoms with Gasteiger partial charge in [-0.05, 0) is 23.4 Å². The van der Waals surface area contributed by atoms with Gasteiger partial charge in [-0.3, -0.25) is 4.57 Å². The third kappa shape index (κ3) is 3.89. The molecule has 0 saturated heterocycles. The summed E-state index contributed by atoms with van der Waals surface area (Å²) in [7, 11) is 1.37. The Morgan fingerprint density at radius 2 is 2.06 bits per heavy atom. The summed E-state index contributed by atoms with van der Waals surface area (Å²) in [4.78, 5) is 6.74. The molecule has 5 heteroatoms. The van der Waals surface area contributed by atoms with Crippen LogP contribution in [0.25, 0.3) is 0 Å². The first-order valence-corrected chi connectivity index (χ1v) is 5.96. The number of hydrogen-bond acceptors (Lipinski definition) is 3. The SMILES string of the molecule is CCCC(OC)N(Oc1ccccc1)P=O. The molecule has 88 valence electrons. The Bertz CT molecular complexity index is 307. The Morgan fingerprint density at radius 1 is 1.38 bits per heavy atom. The third-order valence-electron chi connectivity index (χ3n) is 2.08. The van der Waals surface area contributed by atoms with Gasteiger partial charge in [-0.1, -0.05) is 31.5 Å². The summed E-state index contributed by atoms with van der Waals surface area (Å²) in [5.74, 6) is 0.643. The van der Waals surface area contributed by atoms with E-state index in [-0.39, 0.29) is 14.8 Å². The zero-order valence-electron chi connectivity index (χ0n) is 9.50. The summed E-state index contributed by atoms with van der Waals surface area (Å²) in [5.41, 5.74) is 0. The van der Waals surface area contributed by atoms with Crippen molar-refractivity contribution in [1.82, 2.24) is 4.83 Å². The van der Waals surface area contributed by atoms with Crippen molar-refractivity contribution in [2.75, 3.05) is 7.11 Å². The van der Waals surface area contributed by atoms with Crippen LogP contribution in [0.4, 0.5) is 0 Å². The molecule has 0 aliphatic carbocycles. The Hall–Kier alpha value is -0.960. The fraction of sp³-hybridized carbons (Fsp3) is 0.455. The summed E-state index contributed by atoms with van der Waals surface area (Å²) in [6.45, 7) is 2.04. The smallest absolute Gasteiger partial charge is 0.288 e. The number of para-hydroxylation sites is 1. The molecule has 1 atom stereocenters. The van der Waals surface area contributed by atoms with Gasteiger partial charge in [0.1, 0.15) is 5.75 Å². The first-order valence-electron chi connectivity index (χ1n) is 5.20. The van der Waals surface area contributed by atoms with Crippen LogP contribution < -0.4 is 4.84 Å². The molecule has 0 heterocycles. The number of hydroxylamine groups is 1. The van der Waals surface area contributed by atoms with Crippen molar-refractivity contribution in [1.29, 1.82) is 0 Å². The fourth-order valence-corrected chi connectivity index (χ4v) is 1.73. The summed E-state index contributed by atoms with van der Waals surface area (Å²) in [5, 5.41) is 0. The molecule has 1 aromatic rings. The molecular weight excluding hydrogens is 225 g/mol. The lowest BCUT2D eigenvalue weighted by Gasteiger charge is -2.23. The third-order valence-corrected chi connectivity index (χ3v) is 2.58. The summed E-state index contributed by atoms with van der Waals surface area (Å²) in [6.07, 6.45) is 1.39. The first-order chi connectivity index (χ1) is 7.81. The molecule has 0 aliphatic heterocycles. The Balaban J connectivity index is 2.63. The van der Waals surface area contributed by atoms with Crippen LogP contribution in [0, 0.1) is 0 Å². The second-order valence-electron chi connectivity index (χ2n) is 3.27. The molecule has 0 aliphatic rings. The van der Waals surface area contributed by atoms with Gasteiger partial charge in [0.25, 0.3) is 8.61 Å². The molecule has 4 nitrogen and oxygen atoms in total. The van der Waals surface area contributed by atoms with E-state index in [0.717, 1.165) is 12.8 Å². The number of ether oxygens (including phenoxy) is 1. The van der Waals surface area contributed by atoms with Gasteiger partial charge in [-0.25, -0.2) is 0 Å². The predicted octanol–water partition coefficient (Wildman–Crippen LogP) is 3.26. The minimum absolute atomic E-state index is 0.209. The maximum atomic E-state index is 11.0. The highest BCUT2D eigenvalue weighted by atomic mass is 31.1. The van der Waals surface area contributed by atoms with Gasteiger partial charge in [0.2, 0.25) is 0 Å². The molecule has 0 bridgehead atoms. The highest BCUT2D eigenvalue weighted by Gasteiger charge is 2.19. The van der Waals surface area contributed by atoms with E-state index in [2.05, 4.69) is 0 Å². The molecule has 16 heavy (non-hydrogen) atoms. The molecular formula is C11H16NO3P. The number of methoxy groups -OCH3 is 1. The van der Waals surface area contributed by atoms with Crippen LogP contribution >= 0.6 is 8.61 Å². The largest absolute Gasteiger partial charge is 0.392 e. The molecule has 0 aromatic heterocycles. The number of hydrogen-bond donors (Lipinski definition) is 0. The molecule has 1 aromatic carbocycles. The lowest BCUT2D eigenvalue weighted by Crippen LogP contribution is -2.31. The van der Waals surface area contributed by atoms with Crippen LogP contribution in [0.15, 0.2) is 30.3 Å². The molecule has 1 unspecified atom stereocenters. The van der Waals surface area contributed by atoms with Gasteiger partial charge in [-0.15, -0.1) is 0 Å². The molecule has 0 saturated carbocycles. The Labute approximate surface area is 97.4 Å². The van der Waals surface area contributed by atoms with Gasteiger partial charge in [0.15, 0.2) is 6.23 Å². The van der Waals surface area contributed by atoms with Crippen molar-refractivity contribution in [3.05, 3.63) is 30.3 Å². The highest BCUT2D eigenvalue weighted by Crippen LogP contribution is 2.20. The van der Waals surface area contributed by atoms with Gasteiger partial charge in [0.05, 0.1) is 0 Å². The van der Waals surface area contributed by atoms with E-state index in [1.807, 2.05) is 25.1 Å². The molecule has 0 N–H and O–H groups in total. The standard InChI is InChI=1S/C11H16NO3P/c1-3-7-11(14-2)12(16-13)15-10-8-5-4-6-9-10/h4-6,8-9,11H,3,7H2,1-2H3. The van der Waals surface area contributed by atoms with Crippen molar-refractivity contribution in [2.24, 2.45) is 0 Å². The topological polar surface area (TPSA) is 38.8 Å². The zero-order chi connectivity index (χ0) is 11.8. The van der Waals surface area contributed by atoms with Crippen molar-refractivity contribution in [2.45, 2.75) is 26.0 Å². The van der Waals surface area contributed by atoms with Gasteiger partial charge >= 0.3 is 0 Å². The predicted molar refractivity (Wildman–Crippen MR) is 62.2 cm³/mol. The molecule has 1 rings (SSSR count). The van der Waals surface area contributed by atoms with Crippen LogP contribution in [0.5, 0.6) is 5.75 Å². The van der Waals surface area contributed by atoms with Crippen LogP contribution in [0.2, 0.25) is 0 Å². The molecule has 0 amide bonds. The summed E-state index contributed by atoms with van der Waals surface area (Å²) in [6, 6.07) is 9.22. The quantitative estimate of drug-likeness (QED) is 0.417. The van der Waals surface area contributed by atoms with Crippen LogP contribution in [-0.2, 0) is 9.30 Å². The maximum Gasteiger partial charge on any atom is 0.288 e. The number of nitrogens with zero attached hydrogens (tertiary/aromatic N) is 1. The van der Waals surface area contributed by atoms with Crippen LogP contribution in [0.3, 0.4) is 0 Å². The van der Waals surface area contributed by atoms with E-state index in [0.29, 0.717) is 5.75 Å². The van der Waals surface area contributed by atoms with Crippen molar-refractivity contribution >= 4 is 8.61 Å². The average Bonchev–Trinajstić information content (AvgIpc) is 2.35. The highest BCUT2D eigenvalue weighted by molar-refractivity contribution is 7.20. The van der Waals surface area contributed by atoms with Gasteiger partial charge < -0.3 is 9.57 Å². The minimum atomic E-state index is -0.302. The van der Waals surface area contributed by atoms with Gasteiger partial charge in [0, 0.05) is 7.11 Å². The number of benzene rings is 1. The average molecular weight is 241 g/mol. The minimum Gasteiger partial charge on any atom is -0.392 e. The molecule has 0 spiro atoms. The van der Waals surface area contributed by atoms with Crippen LogP contribution in [-0.4, -0.2) is 18.2 Å². The number of rotatable bonds is 7. The van der Waals surface area contributed by atoms with Gasteiger partial charge in [-0.2, -0.15) is 0 Å². The van der Waals surface area contributed by atoms with E-state index >= 15 is 0 Å². The first kappa shape index (κ1) is 13.1. The van der Waals surface area contributed by atoms with E-state index in [1.165, 1.54) is 4.83 Å². The van der Waals surface area contributed by atoms with E-state index in [9.17, 15) is 4.57 Å². The fourth-order valence-electron chi connectivity index (χ4n) is 1.28. The monoisotopic (exact) mass is 241 g/mol. The Morgan fingerprint density at radius 3 is 2.56 bits per heavy atom. The maximum absolute atomic E-state index is 11.0. The summed E-state index contributed by atoms with van der Waals surface area (Å²) >= 11 is 0. The van der Waals surface area contributed by atoms with Crippen LogP contribution in [0.1, 0.15) is 19.8 Å². The second kappa shape index (κ2) is 7.34. The lowest BCUT2D eigenvalue weighted by molar-refractivity contribution is -0.117. The van der Waals surface area contributed by atoms with E-state index < -0.39 is 0 Å². The van der Waals surface area contributed by atoms with E-state index in [4.69, 9.17) is 9.57 Å². The Kier molecular flexibility index (Phi) is 6.01. The second-order valence-corrected chi connectivity index (χ2v) is 3.83. The lowest BCUT2D eigenvalue weighted by atomic mass is 10.3. The summed E-state index contributed by atoms with van der Waals surface area (Å²) < 4.78 is 16.2. The van der Waals surface area contributed by atoms with Crippen molar-refractivity contribution in [3.8, 4) is 5.75 Å².